The van der Waals surface area contributed by atoms with Gasteiger partial charge in [0.1, 0.15) is 11.6 Å². The third-order valence-corrected chi connectivity index (χ3v) is 5.66. The molecule has 0 spiro atoms. The van der Waals surface area contributed by atoms with Gasteiger partial charge in [0, 0.05) is 18.9 Å². The minimum Gasteiger partial charge on any atom is -0.497 e. The number of aliphatic hydroxyl groups is 1. The summed E-state index contributed by atoms with van der Waals surface area (Å²) >= 11 is 0. The van der Waals surface area contributed by atoms with Crippen molar-refractivity contribution in [1.82, 2.24) is 4.90 Å². The van der Waals surface area contributed by atoms with Crippen molar-refractivity contribution in [1.29, 1.82) is 0 Å². The molecule has 3 rings (SSSR count). The molecule has 0 heterocycles. The average molecular weight is 384 g/mol. The monoisotopic (exact) mass is 383 g/mol. The summed E-state index contributed by atoms with van der Waals surface area (Å²) in [6.45, 7) is 0.817. The molecular formula is C24H30FNO2. The van der Waals surface area contributed by atoms with Crippen LogP contribution in [0.2, 0.25) is 0 Å². The van der Waals surface area contributed by atoms with Gasteiger partial charge in [0.25, 0.3) is 0 Å². The summed E-state index contributed by atoms with van der Waals surface area (Å²) in [4.78, 5) is 2.14. The lowest BCUT2D eigenvalue weighted by Gasteiger charge is -2.43. The highest BCUT2D eigenvalue weighted by Crippen LogP contribution is 2.42. The van der Waals surface area contributed by atoms with Gasteiger partial charge in [-0.3, -0.25) is 0 Å². The van der Waals surface area contributed by atoms with Crippen LogP contribution in [0.4, 0.5) is 4.39 Å². The molecule has 0 bridgehead atoms. The molecule has 1 N–H and O–H groups in total. The smallest absolute Gasteiger partial charge is 0.123 e. The van der Waals surface area contributed by atoms with Crippen LogP contribution in [-0.2, 0) is 6.42 Å². The molecule has 1 aliphatic rings. The van der Waals surface area contributed by atoms with Gasteiger partial charge in [0.05, 0.1) is 12.7 Å². The Balaban J connectivity index is 1.96. The van der Waals surface area contributed by atoms with Gasteiger partial charge in [0.15, 0.2) is 0 Å². The third-order valence-electron chi connectivity index (χ3n) is 5.66. The fourth-order valence-corrected chi connectivity index (χ4v) is 4.21. The van der Waals surface area contributed by atoms with Crippen LogP contribution in [0.25, 0.3) is 6.08 Å². The summed E-state index contributed by atoms with van der Waals surface area (Å²) in [6.07, 6.45) is 5.52. The Hall–Kier alpha value is -2.17. The maximum absolute atomic E-state index is 13.3. The first-order valence-corrected chi connectivity index (χ1v) is 9.87. The number of nitrogens with zero attached hydrogens (tertiary/aromatic N) is 1. The van der Waals surface area contributed by atoms with E-state index in [9.17, 15) is 9.50 Å². The van der Waals surface area contributed by atoms with E-state index in [2.05, 4.69) is 11.0 Å². The van der Waals surface area contributed by atoms with E-state index >= 15 is 0 Å². The zero-order valence-electron chi connectivity index (χ0n) is 17.0. The second-order valence-electron chi connectivity index (χ2n) is 8.02. The predicted octanol–water partition coefficient (Wildman–Crippen LogP) is 4.55. The minimum atomic E-state index is -0.944. The van der Waals surface area contributed by atoms with Crippen molar-refractivity contribution in [3.8, 4) is 5.75 Å². The third kappa shape index (κ3) is 4.81. The van der Waals surface area contributed by atoms with Crippen LogP contribution in [-0.4, -0.2) is 43.4 Å². The Bertz CT molecular complexity index is 798. The molecule has 0 aliphatic heterocycles. The molecule has 2 aromatic rings. The maximum atomic E-state index is 13.3. The topological polar surface area (TPSA) is 32.7 Å². The molecule has 2 atom stereocenters. The first kappa shape index (κ1) is 20.6. The second kappa shape index (κ2) is 8.89. The summed E-state index contributed by atoms with van der Waals surface area (Å²) in [5.41, 5.74) is 2.12. The van der Waals surface area contributed by atoms with E-state index in [1.807, 2.05) is 38.4 Å². The van der Waals surface area contributed by atoms with Crippen LogP contribution < -0.4 is 4.74 Å². The molecule has 4 heteroatoms. The van der Waals surface area contributed by atoms with Crippen molar-refractivity contribution < 1.29 is 14.2 Å². The number of halogens is 1. The average Bonchev–Trinajstić information content (AvgIpc) is 2.67. The summed E-state index contributed by atoms with van der Waals surface area (Å²) in [7, 11) is 5.74. The molecule has 0 amide bonds. The predicted molar refractivity (Wildman–Crippen MR) is 112 cm³/mol. The Morgan fingerprint density at radius 1 is 1.14 bits per heavy atom. The van der Waals surface area contributed by atoms with Crippen LogP contribution in [0.5, 0.6) is 5.75 Å². The zero-order valence-corrected chi connectivity index (χ0v) is 17.0. The number of hydrogen-bond acceptors (Lipinski definition) is 3. The standard InChI is InChI=1S/C24H30FNO2/c1-26(2)17-21-6-4-5-20(15-18-9-13-23(28-3)14-10-18)24(21,27)16-19-7-11-22(25)12-8-19/h7-15,21,27H,4-6,16-17H2,1-3H3. The molecule has 2 unspecified atom stereocenters. The zero-order chi connectivity index (χ0) is 20.1. The van der Waals surface area contributed by atoms with Gasteiger partial charge < -0.3 is 14.7 Å². The van der Waals surface area contributed by atoms with E-state index in [0.29, 0.717) is 6.42 Å². The van der Waals surface area contributed by atoms with Crippen molar-refractivity contribution >= 4 is 6.08 Å². The Morgan fingerprint density at radius 3 is 2.43 bits per heavy atom. The molecule has 3 nitrogen and oxygen atoms in total. The van der Waals surface area contributed by atoms with Gasteiger partial charge in [-0.1, -0.05) is 30.3 Å². The van der Waals surface area contributed by atoms with Gasteiger partial charge in [-0.25, -0.2) is 4.39 Å². The van der Waals surface area contributed by atoms with Crippen LogP contribution >= 0.6 is 0 Å². The van der Waals surface area contributed by atoms with E-state index in [1.165, 1.54) is 12.1 Å². The molecule has 0 aromatic heterocycles. The van der Waals surface area contributed by atoms with Crippen LogP contribution in [0.15, 0.2) is 54.1 Å². The normalized spacial score (nSPS) is 23.9. The van der Waals surface area contributed by atoms with Gasteiger partial charge in [-0.15, -0.1) is 0 Å². The van der Waals surface area contributed by atoms with Crippen LogP contribution in [0.1, 0.15) is 30.4 Å². The van der Waals surface area contributed by atoms with Crippen molar-refractivity contribution in [2.45, 2.75) is 31.3 Å². The first-order chi connectivity index (χ1) is 13.4. The van der Waals surface area contributed by atoms with Gasteiger partial charge in [-0.2, -0.15) is 0 Å². The lowest BCUT2D eigenvalue weighted by atomic mass is 9.68. The molecule has 1 aliphatic carbocycles. The quantitative estimate of drug-likeness (QED) is 0.794. The maximum Gasteiger partial charge on any atom is 0.123 e. The largest absolute Gasteiger partial charge is 0.497 e. The number of hydrogen-bond donors (Lipinski definition) is 1. The van der Waals surface area contributed by atoms with E-state index in [4.69, 9.17) is 4.74 Å². The summed E-state index contributed by atoms with van der Waals surface area (Å²) in [5, 5.41) is 11.9. The molecule has 1 saturated carbocycles. The fraction of sp³-hybridized carbons (Fsp3) is 0.417. The fourth-order valence-electron chi connectivity index (χ4n) is 4.21. The first-order valence-electron chi connectivity index (χ1n) is 9.87. The second-order valence-corrected chi connectivity index (χ2v) is 8.02. The molecule has 0 radical (unpaired) electrons. The van der Waals surface area contributed by atoms with E-state index in [0.717, 1.165) is 48.3 Å². The van der Waals surface area contributed by atoms with E-state index in [-0.39, 0.29) is 11.7 Å². The van der Waals surface area contributed by atoms with E-state index < -0.39 is 5.60 Å². The summed E-state index contributed by atoms with van der Waals surface area (Å²) in [6, 6.07) is 14.4. The van der Waals surface area contributed by atoms with Gasteiger partial charge >= 0.3 is 0 Å². The highest BCUT2D eigenvalue weighted by atomic mass is 19.1. The molecule has 28 heavy (non-hydrogen) atoms. The summed E-state index contributed by atoms with van der Waals surface area (Å²) in [5.74, 6) is 0.696. The molecule has 0 saturated heterocycles. The van der Waals surface area contributed by atoms with Crippen molar-refractivity contribution in [3.63, 3.8) is 0 Å². The lowest BCUT2D eigenvalue weighted by molar-refractivity contribution is -0.0123. The Morgan fingerprint density at radius 2 is 1.82 bits per heavy atom. The van der Waals surface area contributed by atoms with Gasteiger partial charge in [-0.05, 0) is 74.3 Å². The molecule has 1 fully saturated rings. The number of rotatable bonds is 6. The van der Waals surface area contributed by atoms with Crippen molar-refractivity contribution in [3.05, 3.63) is 71.0 Å². The molecule has 150 valence electrons. The van der Waals surface area contributed by atoms with Crippen LogP contribution in [0.3, 0.4) is 0 Å². The Labute approximate surface area is 167 Å². The minimum absolute atomic E-state index is 0.130. The molecule has 2 aromatic carbocycles. The van der Waals surface area contributed by atoms with Crippen molar-refractivity contribution in [2.75, 3.05) is 27.7 Å². The number of ether oxygens (including phenoxy) is 1. The van der Waals surface area contributed by atoms with E-state index in [1.54, 1.807) is 19.2 Å². The molecular weight excluding hydrogens is 353 g/mol. The number of methoxy groups -OCH3 is 1. The lowest BCUT2D eigenvalue weighted by Crippen LogP contribution is -2.48. The van der Waals surface area contributed by atoms with Crippen LogP contribution in [0, 0.1) is 11.7 Å². The Kier molecular flexibility index (Phi) is 6.53. The SMILES string of the molecule is COc1ccc(C=C2CCCC(CN(C)C)C2(O)Cc2ccc(F)cc2)cc1. The highest BCUT2D eigenvalue weighted by Gasteiger charge is 2.42. The number of benzene rings is 2. The highest BCUT2D eigenvalue weighted by molar-refractivity contribution is 5.57. The van der Waals surface area contributed by atoms with Gasteiger partial charge in [0.2, 0.25) is 0 Å². The van der Waals surface area contributed by atoms with Crippen molar-refractivity contribution in [2.24, 2.45) is 5.92 Å². The summed E-state index contributed by atoms with van der Waals surface area (Å²) < 4.78 is 18.6.